The Labute approximate surface area is 83.3 Å². The minimum atomic E-state index is 0.651. The molecule has 1 rings (SSSR count). The predicted octanol–water partition coefficient (Wildman–Crippen LogP) is 3.20. The van der Waals surface area contributed by atoms with Crippen molar-refractivity contribution in [1.29, 1.82) is 0 Å². The summed E-state index contributed by atoms with van der Waals surface area (Å²) in [5, 5.41) is 3.53. The summed E-state index contributed by atoms with van der Waals surface area (Å²) in [5.41, 5.74) is 0.726. The van der Waals surface area contributed by atoms with Gasteiger partial charge in [-0.15, -0.1) is 0 Å². The van der Waals surface area contributed by atoms with E-state index >= 15 is 0 Å². The maximum atomic E-state index is 3.53. The molecular formula is C12H25N. The third-order valence-electron chi connectivity index (χ3n) is 3.76. The number of hydrogen-bond acceptors (Lipinski definition) is 1. The van der Waals surface area contributed by atoms with Gasteiger partial charge in [-0.1, -0.05) is 40.5 Å². The maximum absolute atomic E-state index is 3.53. The summed E-state index contributed by atoms with van der Waals surface area (Å²) in [5.74, 6) is 0.960. The van der Waals surface area contributed by atoms with Crippen LogP contribution in [0.25, 0.3) is 0 Å². The SMILES string of the molecule is CCC1(CC)CC(CNC(C)C)C1. The van der Waals surface area contributed by atoms with Crippen LogP contribution in [0.4, 0.5) is 0 Å². The van der Waals surface area contributed by atoms with E-state index in [9.17, 15) is 0 Å². The summed E-state index contributed by atoms with van der Waals surface area (Å²) < 4.78 is 0. The molecule has 0 aromatic carbocycles. The van der Waals surface area contributed by atoms with Crippen LogP contribution in [-0.4, -0.2) is 12.6 Å². The molecule has 1 N–H and O–H groups in total. The van der Waals surface area contributed by atoms with Crippen molar-refractivity contribution in [3.63, 3.8) is 0 Å². The highest BCUT2D eigenvalue weighted by Gasteiger charge is 2.40. The van der Waals surface area contributed by atoms with Gasteiger partial charge < -0.3 is 5.32 Å². The first-order valence-corrected chi connectivity index (χ1v) is 5.85. The standard InChI is InChI=1S/C12H25N/c1-5-12(6-2)7-11(8-12)9-13-10(3)4/h10-11,13H,5-9H2,1-4H3. The molecule has 0 heterocycles. The molecule has 0 saturated heterocycles. The topological polar surface area (TPSA) is 12.0 Å². The average Bonchev–Trinajstić information content (AvgIpc) is 2.03. The number of nitrogens with one attached hydrogen (secondary N) is 1. The van der Waals surface area contributed by atoms with E-state index in [0.717, 1.165) is 11.3 Å². The second kappa shape index (κ2) is 4.45. The van der Waals surface area contributed by atoms with Gasteiger partial charge in [-0.2, -0.15) is 0 Å². The summed E-state index contributed by atoms with van der Waals surface area (Å²) >= 11 is 0. The predicted molar refractivity (Wildman–Crippen MR) is 58.9 cm³/mol. The van der Waals surface area contributed by atoms with Gasteiger partial charge in [0.25, 0.3) is 0 Å². The lowest BCUT2D eigenvalue weighted by Crippen LogP contribution is -2.42. The van der Waals surface area contributed by atoms with E-state index in [1.165, 1.54) is 32.2 Å². The first-order valence-electron chi connectivity index (χ1n) is 5.85. The third kappa shape index (κ3) is 2.70. The van der Waals surface area contributed by atoms with Gasteiger partial charge in [0.15, 0.2) is 0 Å². The van der Waals surface area contributed by atoms with Gasteiger partial charge in [0.1, 0.15) is 0 Å². The van der Waals surface area contributed by atoms with Crippen LogP contribution in [0.1, 0.15) is 53.4 Å². The summed E-state index contributed by atoms with van der Waals surface area (Å²) in [7, 11) is 0. The quantitative estimate of drug-likeness (QED) is 0.690. The minimum absolute atomic E-state index is 0.651. The monoisotopic (exact) mass is 183 g/mol. The third-order valence-corrected chi connectivity index (χ3v) is 3.76. The first kappa shape index (κ1) is 11.0. The number of rotatable bonds is 5. The van der Waals surface area contributed by atoms with E-state index in [0.29, 0.717) is 6.04 Å². The second-order valence-electron chi connectivity index (χ2n) is 5.04. The van der Waals surface area contributed by atoms with Crippen molar-refractivity contribution in [1.82, 2.24) is 5.32 Å². The Morgan fingerprint density at radius 2 is 1.77 bits per heavy atom. The van der Waals surface area contributed by atoms with E-state index in [-0.39, 0.29) is 0 Å². The molecule has 1 nitrogen and oxygen atoms in total. The van der Waals surface area contributed by atoms with Gasteiger partial charge in [0, 0.05) is 6.04 Å². The second-order valence-corrected chi connectivity index (χ2v) is 5.04. The van der Waals surface area contributed by atoms with Crippen LogP contribution in [-0.2, 0) is 0 Å². The van der Waals surface area contributed by atoms with E-state index in [4.69, 9.17) is 0 Å². The normalized spacial score (nSPS) is 21.9. The molecule has 0 bridgehead atoms. The van der Waals surface area contributed by atoms with Crippen molar-refractivity contribution in [2.45, 2.75) is 59.4 Å². The molecule has 0 aromatic heterocycles. The summed E-state index contributed by atoms with van der Waals surface area (Å²) in [6.45, 7) is 10.4. The molecule has 0 aromatic rings. The molecule has 1 heteroatoms. The highest BCUT2D eigenvalue weighted by Crippen LogP contribution is 2.50. The molecule has 1 fully saturated rings. The lowest BCUT2D eigenvalue weighted by atomic mass is 9.59. The van der Waals surface area contributed by atoms with Crippen molar-refractivity contribution in [3.8, 4) is 0 Å². The molecular weight excluding hydrogens is 158 g/mol. The largest absolute Gasteiger partial charge is 0.314 e. The fourth-order valence-electron chi connectivity index (χ4n) is 2.54. The van der Waals surface area contributed by atoms with Crippen LogP contribution in [0, 0.1) is 11.3 Å². The molecule has 0 atom stereocenters. The van der Waals surface area contributed by atoms with Crippen LogP contribution in [0.5, 0.6) is 0 Å². The van der Waals surface area contributed by atoms with Crippen molar-refractivity contribution in [3.05, 3.63) is 0 Å². The van der Waals surface area contributed by atoms with E-state index in [1.807, 2.05) is 0 Å². The molecule has 78 valence electrons. The molecule has 0 spiro atoms. The summed E-state index contributed by atoms with van der Waals surface area (Å²) in [6.07, 6.45) is 5.67. The highest BCUT2D eigenvalue weighted by atomic mass is 14.9. The Hall–Kier alpha value is -0.0400. The number of hydrogen-bond donors (Lipinski definition) is 1. The zero-order chi connectivity index (χ0) is 9.90. The van der Waals surface area contributed by atoms with Crippen molar-refractivity contribution in [2.24, 2.45) is 11.3 Å². The fourth-order valence-corrected chi connectivity index (χ4v) is 2.54. The van der Waals surface area contributed by atoms with Gasteiger partial charge in [-0.05, 0) is 30.7 Å². The van der Waals surface area contributed by atoms with Crippen LogP contribution in [0.3, 0.4) is 0 Å². The smallest absolute Gasteiger partial charge is 0.00104 e. The summed E-state index contributed by atoms with van der Waals surface area (Å²) in [4.78, 5) is 0. The summed E-state index contributed by atoms with van der Waals surface area (Å²) in [6, 6.07) is 0.651. The van der Waals surface area contributed by atoms with Crippen molar-refractivity contribution >= 4 is 0 Å². The first-order chi connectivity index (χ1) is 6.12. The fraction of sp³-hybridized carbons (Fsp3) is 1.00. The molecule has 1 saturated carbocycles. The molecule has 0 radical (unpaired) electrons. The molecule has 1 aliphatic carbocycles. The van der Waals surface area contributed by atoms with Gasteiger partial charge >= 0.3 is 0 Å². The Morgan fingerprint density at radius 3 is 2.15 bits per heavy atom. The Morgan fingerprint density at radius 1 is 1.23 bits per heavy atom. The molecule has 0 amide bonds. The molecule has 0 unspecified atom stereocenters. The maximum Gasteiger partial charge on any atom is 0.00104 e. The molecule has 0 aliphatic heterocycles. The lowest BCUT2D eigenvalue weighted by Gasteiger charge is -2.47. The highest BCUT2D eigenvalue weighted by molar-refractivity contribution is 4.92. The average molecular weight is 183 g/mol. The van der Waals surface area contributed by atoms with Crippen molar-refractivity contribution in [2.75, 3.05) is 6.54 Å². The van der Waals surface area contributed by atoms with Crippen LogP contribution >= 0.6 is 0 Å². The van der Waals surface area contributed by atoms with Gasteiger partial charge in [-0.3, -0.25) is 0 Å². The lowest BCUT2D eigenvalue weighted by molar-refractivity contribution is 0.0446. The van der Waals surface area contributed by atoms with Crippen LogP contribution in [0.15, 0.2) is 0 Å². The molecule has 13 heavy (non-hydrogen) atoms. The zero-order valence-corrected chi connectivity index (χ0v) is 9.69. The van der Waals surface area contributed by atoms with E-state index < -0.39 is 0 Å². The molecule has 1 aliphatic rings. The van der Waals surface area contributed by atoms with Gasteiger partial charge in [-0.25, -0.2) is 0 Å². The Balaban J connectivity index is 2.16. The Bertz CT molecular complexity index is 139. The Kier molecular flexibility index (Phi) is 3.78. The zero-order valence-electron chi connectivity index (χ0n) is 9.69. The van der Waals surface area contributed by atoms with Crippen LogP contribution < -0.4 is 5.32 Å². The van der Waals surface area contributed by atoms with Crippen LogP contribution in [0.2, 0.25) is 0 Å². The van der Waals surface area contributed by atoms with Gasteiger partial charge in [0.05, 0.1) is 0 Å². The van der Waals surface area contributed by atoms with Crippen molar-refractivity contribution < 1.29 is 0 Å². The van der Waals surface area contributed by atoms with E-state index in [2.05, 4.69) is 33.0 Å². The van der Waals surface area contributed by atoms with E-state index in [1.54, 1.807) is 0 Å². The minimum Gasteiger partial charge on any atom is -0.314 e. The van der Waals surface area contributed by atoms with Gasteiger partial charge in [0.2, 0.25) is 0 Å².